The Kier molecular flexibility index (Phi) is 1.59. The zero-order valence-electron chi connectivity index (χ0n) is 5.39. The first-order chi connectivity index (χ1) is 5.13. The van der Waals surface area contributed by atoms with E-state index in [4.69, 9.17) is 10.8 Å². The molecule has 58 valence electrons. The van der Waals surface area contributed by atoms with Crippen molar-refractivity contribution in [3.05, 3.63) is 22.5 Å². The van der Waals surface area contributed by atoms with Crippen molar-refractivity contribution in [3.8, 4) is 5.75 Å². The molecule has 0 spiro atoms. The molecule has 0 aromatic carbocycles. The molecule has 6 heteroatoms. The molecule has 0 aliphatic carbocycles. The summed E-state index contributed by atoms with van der Waals surface area (Å²) in [6, 6.07) is 0. The molecule has 0 aliphatic heterocycles. The van der Waals surface area contributed by atoms with Gasteiger partial charge in [0.05, 0.1) is 17.3 Å². The first-order valence-corrected chi connectivity index (χ1v) is 2.69. The fourth-order valence-electron chi connectivity index (χ4n) is 0.657. The van der Waals surface area contributed by atoms with Crippen molar-refractivity contribution in [1.82, 2.24) is 4.98 Å². The number of rotatable bonds is 1. The lowest BCUT2D eigenvalue weighted by Gasteiger charge is -1.96. The van der Waals surface area contributed by atoms with Crippen molar-refractivity contribution in [3.63, 3.8) is 0 Å². The van der Waals surface area contributed by atoms with E-state index >= 15 is 0 Å². The highest BCUT2D eigenvalue weighted by molar-refractivity contribution is 5.63. The standard InChI is InChI=1S/C5H5N3O3/c6-3-1-7-2-4(9)5(3)8(10)11/h1-2,9H,6H2. The quantitative estimate of drug-likeness (QED) is 0.447. The van der Waals surface area contributed by atoms with E-state index in [0.29, 0.717) is 0 Å². The Morgan fingerprint density at radius 1 is 1.64 bits per heavy atom. The van der Waals surface area contributed by atoms with Crippen molar-refractivity contribution < 1.29 is 10.0 Å². The summed E-state index contributed by atoms with van der Waals surface area (Å²) in [6.45, 7) is 0. The molecular formula is C5H5N3O3. The number of aromatic hydroxyl groups is 1. The van der Waals surface area contributed by atoms with Gasteiger partial charge in [0, 0.05) is 0 Å². The highest BCUT2D eigenvalue weighted by atomic mass is 16.6. The van der Waals surface area contributed by atoms with Crippen LogP contribution in [-0.2, 0) is 0 Å². The number of nitrogens with two attached hydrogens (primary N) is 1. The van der Waals surface area contributed by atoms with Crippen LogP contribution in [0.2, 0.25) is 0 Å². The molecule has 6 nitrogen and oxygen atoms in total. The van der Waals surface area contributed by atoms with Gasteiger partial charge in [-0.05, 0) is 0 Å². The molecular weight excluding hydrogens is 150 g/mol. The summed E-state index contributed by atoms with van der Waals surface area (Å²) >= 11 is 0. The van der Waals surface area contributed by atoms with Crippen LogP contribution in [0, 0.1) is 10.1 Å². The molecule has 0 saturated heterocycles. The van der Waals surface area contributed by atoms with E-state index < -0.39 is 16.4 Å². The zero-order chi connectivity index (χ0) is 8.43. The summed E-state index contributed by atoms with van der Waals surface area (Å²) in [5.74, 6) is -0.519. The first kappa shape index (κ1) is 7.26. The maximum Gasteiger partial charge on any atom is 0.336 e. The van der Waals surface area contributed by atoms with Crippen molar-refractivity contribution in [1.29, 1.82) is 0 Å². The van der Waals surface area contributed by atoms with E-state index in [1.54, 1.807) is 0 Å². The number of aromatic nitrogens is 1. The molecule has 0 bridgehead atoms. The lowest BCUT2D eigenvalue weighted by Crippen LogP contribution is -1.96. The van der Waals surface area contributed by atoms with Crippen molar-refractivity contribution in [2.45, 2.75) is 0 Å². The van der Waals surface area contributed by atoms with E-state index in [0.717, 1.165) is 12.4 Å². The Bertz CT molecular complexity index is 279. The molecule has 0 unspecified atom stereocenters. The SMILES string of the molecule is Nc1cncc(O)c1[N+](=O)[O-]. The predicted octanol–water partition coefficient (Wildman–Crippen LogP) is 0.278. The van der Waals surface area contributed by atoms with Crippen LogP contribution in [0.1, 0.15) is 0 Å². The molecule has 0 fully saturated rings. The van der Waals surface area contributed by atoms with Gasteiger partial charge in [0.15, 0.2) is 0 Å². The summed E-state index contributed by atoms with van der Waals surface area (Å²) in [6.07, 6.45) is 2.08. The lowest BCUT2D eigenvalue weighted by molar-refractivity contribution is -0.385. The number of nitro groups is 1. The third kappa shape index (κ3) is 1.18. The summed E-state index contributed by atoms with van der Waals surface area (Å²) in [5.41, 5.74) is 4.51. The molecule has 1 aromatic heterocycles. The molecule has 0 aliphatic rings. The molecule has 1 aromatic rings. The average molecular weight is 155 g/mol. The van der Waals surface area contributed by atoms with Crippen molar-refractivity contribution in [2.75, 3.05) is 5.73 Å². The second-order valence-electron chi connectivity index (χ2n) is 1.85. The highest BCUT2D eigenvalue weighted by Crippen LogP contribution is 2.29. The molecule has 11 heavy (non-hydrogen) atoms. The molecule has 1 rings (SSSR count). The minimum absolute atomic E-state index is 0.144. The van der Waals surface area contributed by atoms with Gasteiger partial charge < -0.3 is 10.8 Å². The van der Waals surface area contributed by atoms with Crippen LogP contribution in [0.25, 0.3) is 0 Å². The van der Waals surface area contributed by atoms with Gasteiger partial charge in [-0.25, -0.2) is 0 Å². The van der Waals surface area contributed by atoms with Crippen molar-refractivity contribution >= 4 is 11.4 Å². The van der Waals surface area contributed by atoms with Crippen LogP contribution in [0.15, 0.2) is 12.4 Å². The van der Waals surface area contributed by atoms with Gasteiger partial charge in [0.1, 0.15) is 5.69 Å². The van der Waals surface area contributed by atoms with Crippen LogP contribution in [0.4, 0.5) is 11.4 Å². The molecule has 0 radical (unpaired) electrons. The minimum atomic E-state index is -0.758. The topological polar surface area (TPSA) is 102 Å². The van der Waals surface area contributed by atoms with Crippen LogP contribution >= 0.6 is 0 Å². The minimum Gasteiger partial charge on any atom is -0.501 e. The van der Waals surface area contributed by atoms with Gasteiger partial charge in [0.2, 0.25) is 5.75 Å². The fraction of sp³-hybridized carbons (Fsp3) is 0. The third-order valence-electron chi connectivity index (χ3n) is 1.11. The maximum atomic E-state index is 10.2. The number of hydrogen-bond donors (Lipinski definition) is 2. The van der Waals surface area contributed by atoms with Gasteiger partial charge in [-0.3, -0.25) is 15.1 Å². The lowest BCUT2D eigenvalue weighted by atomic mass is 10.3. The van der Waals surface area contributed by atoms with Crippen LogP contribution < -0.4 is 5.73 Å². The monoisotopic (exact) mass is 155 g/mol. The van der Waals surface area contributed by atoms with Gasteiger partial charge in [-0.15, -0.1) is 0 Å². The van der Waals surface area contributed by atoms with E-state index in [-0.39, 0.29) is 5.69 Å². The Labute approximate surface area is 61.4 Å². The predicted molar refractivity (Wildman–Crippen MR) is 37.0 cm³/mol. The maximum absolute atomic E-state index is 10.2. The number of pyridine rings is 1. The van der Waals surface area contributed by atoms with E-state index in [1.165, 1.54) is 0 Å². The Morgan fingerprint density at radius 3 is 2.64 bits per heavy atom. The second-order valence-corrected chi connectivity index (χ2v) is 1.85. The van der Waals surface area contributed by atoms with Gasteiger partial charge in [0.25, 0.3) is 0 Å². The normalized spacial score (nSPS) is 9.45. The van der Waals surface area contributed by atoms with Gasteiger partial charge in [-0.2, -0.15) is 0 Å². The van der Waals surface area contributed by atoms with Crippen LogP contribution in [-0.4, -0.2) is 15.0 Å². The smallest absolute Gasteiger partial charge is 0.336 e. The summed E-state index contributed by atoms with van der Waals surface area (Å²) in [7, 11) is 0. The molecule has 3 N–H and O–H groups in total. The highest BCUT2D eigenvalue weighted by Gasteiger charge is 2.16. The summed E-state index contributed by atoms with van der Waals surface area (Å²) in [5, 5.41) is 19.1. The molecule has 0 saturated carbocycles. The Morgan fingerprint density at radius 2 is 2.27 bits per heavy atom. The third-order valence-corrected chi connectivity index (χ3v) is 1.11. The summed E-state index contributed by atoms with van der Waals surface area (Å²) in [4.78, 5) is 12.9. The fourth-order valence-corrected chi connectivity index (χ4v) is 0.657. The number of nitrogen functional groups attached to an aromatic ring is 1. The number of nitrogens with zero attached hydrogens (tertiary/aromatic N) is 2. The number of anilines is 1. The van der Waals surface area contributed by atoms with Crippen molar-refractivity contribution in [2.24, 2.45) is 0 Å². The molecule has 0 atom stereocenters. The largest absolute Gasteiger partial charge is 0.501 e. The zero-order valence-corrected chi connectivity index (χ0v) is 5.39. The van der Waals surface area contributed by atoms with Gasteiger partial charge in [-0.1, -0.05) is 0 Å². The Balaban J connectivity index is 3.32. The first-order valence-electron chi connectivity index (χ1n) is 2.69. The van der Waals surface area contributed by atoms with Crippen LogP contribution in [0.5, 0.6) is 5.75 Å². The molecule has 0 amide bonds. The van der Waals surface area contributed by atoms with E-state index in [2.05, 4.69) is 4.98 Å². The number of hydrogen-bond acceptors (Lipinski definition) is 5. The van der Waals surface area contributed by atoms with E-state index in [1.807, 2.05) is 0 Å². The van der Waals surface area contributed by atoms with Gasteiger partial charge >= 0.3 is 5.69 Å². The molecule has 1 heterocycles. The van der Waals surface area contributed by atoms with Crippen LogP contribution in [0.3, 0.4) is 0 Å². The van der Waals surface area contributed by atoms with E-state index in [9.17, 15) is 10.1 Å². The Hall–Kier alpha value is -1.85. The average Bonchev–Trinajstić information content (AvgIpc) is 1.85. The second kappa shape index (κ2) is 2.41. The summed E-state index contributed by atoms with van der Waals surface area (Å²) < 4.78 is 0.